The molecule has 1 heteroatoms. The van der Waals surface area contributed by atoms with E-state index in [1.807, 2.05) is 6.08 Å². The van der Waals surface area contributed by atoms with Crippen LogP contribution in [0.25, 0.3) is 0 Å². The molecule has 1 nitrogen and oxygen atoms in total. The Morgan fingerprint density at radius 2 is 1.17 bits per heavy atom. The second-order valence-corrected chi connectivity index (χ2v) is 8.25. The number of hydrogen-bond acceptors (Lipinski definition) is 1. The van der Waals surface area contributed by atoms with Crippen molar-refractivity contribution in [1.82, 2.24) is 0 Å². The van der Waals surface area contributed by atoms with Gasteiger partial charge in [-0.25, -0.2) is 0 Å². The second-order valence-electron chi connectivity index (χ2n) is 8.25. The van der Waals surface area contributed by atoms with Crippen molar-refractivity contribution >= 4 is 0 Å². The van der Waals surface area contributed by atoms with Gasteiger partial charge in [0.25, 0.3) is 0 Å². The molecule has 0 saturated heterocycles. The number of nitriles is 1. The highest BCUT2D eigenvalue weighted by molar-refractivity contribution is 5.01. The highest BCUT2D eigenvalue weighted by Gasteiger charge is 2.24. The lowest BCUT2D eigenvalue weighted by Gasteiger charge is -2.32. The average Bonchev–Trinajstić information content (AvgIpc) is 2.59. The normalized spacial score (nSPS) is 32.0. The smallest absolute Gasteiger partial charge is 0.0908 e. The van der Waals surface area contributed by atoms with Crippen LogP contribution in [0.5, 0.6) is 0 Å². The van der Waals surface area contributed by atoms with E-state index >= 15 is 0 Å². The molecule has 0 unspecified atom stereocenters. The fourth-order valence-electron chi connectivity index (χ4n) is 4.97. The summed E-state index contributed by atoms with van der Waals surface area (Å²) < 4.78 is 0. The molecule has 2 aliphatic carbocycles. The van der Waals surface area contributed by atoms with E-state index in [4.69, 9.17) is 5.26 Å². The molecule has 23 heavy (non-hydrogen) atoms. The molecule has 0 spiro atoms. The van der Waals surface area contributed by atoms with Gasteiger partial charge in [-0.05, 0) is 36.5 Å². The van der Waals surface area contributed by atoms with Gasteiger partial charge in [-0.15, -0.1) is 0 Å². The Balaban J connectivity index is 1.53. The van der Waals surface area contributed by atoms with E-state index in [-0.39, 0.29) is 0 Å². The van der Waals surface area contributed by atoms with Crippen LogP contribution in [-0.4, -0.2) is 0 Å². The maximum absolute atomic E-state index is 8.51. The minimum absolute atomic E-state index is 0.930. The molecule has 130 valence electrons. The third-order valence-corrected chi connectivity index (χ3v) is 6.55. The minimum atomic E-state index is 0.930. The van der Waals surface area contributed by atoms with Crippen LogP contribution < -0.4 is 0 Å². The van der Waals surface area contributed by atoms with E-state index < -0.39 is 0 Å². The van der Waals surface area contributed by atoms with Crippen molar-refractivity contribution in [1.29, 1.82) is 5.26 Å². The zero-order valence-electron chi connectivity index (χ0n) is 15.3. The van der Waals surface area contributed by atoms with Gasteiger partial charge in [0.05, 0.1) is 6.07 Å². The lowest BCUT2D eigenvalue weighted by atomic mass is 9.74. The van der Waals surface area contributed by atoms with E-state index in [1.54, 1.807) is 6.08 Å². The van der Waals surface area contributed by atoms with E-state index in [1.165, 1.54) is 83.5 Å². The van der Waals surface area contributed by atoms with E-state index in [9.17, 15) is 0 Å². The van der Waals surface area contributed by atoms with Crippen LogP contribution in [0.1, 0.15) is 96.8 Å². The largest absolute Gasteiger partial charge is 0.193 e. The Bertz CT molecular complexity index is 362. The van der Waals surface area contributed by atoms with Gasteiger partial charge in [-0.3, -0.25) is 0 Å². The topological polar surface area (TPSA) is 23.8 Å². The predicted molar refractivity (Wildman–Crippen MR) is 99.0 cm³/mol. The maximum atomic E-state index is 8.51. The first-order valence-corrected chi connectivity index (χ1v) is 10.4. The highest BCUT2D eigenvalue weighted by Crippen LogP contribution is 2.38. The first-order chi connectivity index (χ1) is 11.3. The molecule has 2 aliphatic rings. The minimum Gasteiger partial charge on any atom is -0.193 e. The van der Waals surface area contributed by atoms with Gasteiger partial charge in [-0.1, -0.05) is 90.0 Å². The Hall–Kier alpha value is -0.770. The Labute approximate surface area is 144 Å². The van der Waals surface area contributed by atoms with Crippen molar-refractivity contribution in [3.05, 3.63) is 12.2 Å². The van der Waals surface area contributed by atoms with Crippen LogP contribution in [0.15, 0.2) is 12.2 Å². The van der Waals surface area contributed by atoms with Crippen molar-refractivity contribution in [2.45, 2.75) is 96.8 Å². The molecular formula is C22H37N. The van der Waals surface area contributed by atoms with Gasteiger partial charge in [0.2, 0.25) is 0 Å². The highest BCUT2D eigenvalue weighted by atomic mass is 14.3. The number of nitrogens with zero attached hydrogens (tertiary/aromatic N) is 1. The molecule has 0 aliphatic heterocycles. The molecule has 0 bridgehead atoms. The zero-order valence-corrected chi connectivity index (χ0v) is 15.3. The molecule has 2 fully saturated rings. The van der Waals surface area contributed by atoms with Crippen LogP contribution in [-0.2, 0) is 0 Å². The number of rotatable bonds is 8. The maximum Gasteiger partial charge on any atom is 0.0908 e. The van der Waals surface area contributed by atoms with E-state index in [0.717, 1.165) is 30.1 Å². The van der Waals surface area contributed by atoms with Crippen LogP contribution in [0.3, 0.4) is 0 Å². The van der Waals surface area contributed by atoms with Crippen molar-refractivity contribution in [3.63, 3.8) is 0 Å². The standard InChI is InChI=1S/C22H37N/c1-2-6-19-8-12-21(13-9-19)16-17-22-14-10-20(11-15-22)7-4-3-5-18-23/h3,5,19-22H,2,4,6-17H2,1H3. The zero-order chi connectivity index (χ0) is 16.3. The quantitative estimate of drug-likeness (QED) is 0.441. The molecule has 0 aromatic heterocycles. The Kier molecular flexibility index (Phi) is 8.80. The molecule has 2 rings (SSSR count). The number of hydrogen-bond donors (Lipinski definition) is 0. The van der Waals surface area contributed by atoms with Crippen molar-refractivity contribution in [2.24, 2.45) is 23.7 Å². The third-order valence-electron chi connectivity index (χ3n) is 6.55. The summed E-state index contributed by atoms with van der Waals surface area (Å²) in [5.74, 6) is 4.06. The summed E-state index contributed by atoms with van der Waals surface area (Å²) in [6, 6.07) is 2.09. The molecule has 0 radical (unpaired) electrons. The van der Waals surface area contributed by atoms with Gasteiger partial charge in [0, 0.05) is 6.08 Å². The van der Waals surface area contributed by atoms with Gasteiger partial charge in [0.15, 0.2) is 0 Å². The summed E-state index contributed by atoms with van der Waals surface area (Å²) in [4.78, 5) is 0. The van der Waals surface area contributed by atoms with Gasteiger partial charge in [0.1, 0.15) is 0 Å². The predicted octanol–water partition coefficient (Wildman–Crippen LogP) is 7.04. The summed E-state index contributed by atoms with van der Waals surface area (Å²) in [6.45, 7) is 2.34. The SMILES string of the molecule is CCCC1CCC(CCC2CCC(CCC=CC#N)CC2)CC1. The molecule has 0 aromatic rings. The Morgan fingerprint density at radius 1 is 0.739 bits per heavy atom. The fraction of sp³-hybridized carbons (Fsp3) is 0.864. The molecular weight excluding hydrogens is 278 g/mol. The Morgan fingerprint density at radius 3 is 1.61 bits per heavy atom. The third kappa shape index (κ3) is 7.11. The van der Waals surface area contributed by atoms with Crippen molar-refractivity contribution < 1.29 is 0 Å². The summed E-state index contributed by atoms with van der Waals surface area (Å²) in [5, 5.41) is 8.51. The van der Waals surface area contributed by atoms with Gasteiger partial charge < -0.3 is 0 Å². The summed E-state index contributed by atoms with van der Waals surface area (Å²) in [7, 11) is 0. The van der Waals surface area contributed by atoms with Gasteiger partial charge >= 0.3 is 0 Å². The summed E-state index contributed by atoms with van der Waals surface area (Å²) in [6.07, 6.45) is 23.8. The van der Waals surface area contributed by atoms with Crippen LogP contribution >= 0.6 is 0 Å². The molecule has 2 saturated carbocycles. The van der Waals surface area contributed by atoms with Crippen LogP contribution in [0, 0.1) is 35.0 Å². The molecule has 0 heterocycles. The lowest BCUT2D eigenvalue weighted by molar-refractivity contribution is 0.210. The van der Waals surface area contributed by atoms with Gasteiger partial charge in [-0.2, -0.15) is 5.26 Å². The molecule has 0 atom stereocenters. The number of allylic oxidation sites excluding steroid dienone is 2. The monoisotopic (exact) mass is 315 g/mol. The summed E-state index contributed by atoms with van der Waals surface area (Å²) in [5.41, 5.74) is 0. The molecule has 0 aromatic carbocycles. The van der Waals surface area contributed by atoms with Crippen molar-refractivity contribution in [2.75, 3.05) is 0 Å². The van der Waals surface area contributed by atoms with Crippen LogP contribution in [0.4, 0.5) is 0 Å². The van der Waals surface area contributed by atoms with E-state index in [0.29, 0.717) is 0 Å². The first-order valence-electron chi connectivity index (χ1n) is 10.4. The lowest BCUT2D eigenvalue weighted by Crippen LogP contribution is -2.18. The second kappa shape index (κ2) is 10.9. The molecule has 0 amide bonds. The fourth-order valence-corrected chi connectivity index (χ4v) is 4.97. The van der Waals surface area contributed by atoms with E-state index in [2.05, 4.69) is 13.0 Å². The van der Waals surface area contributed by atoms with Crippen molar-refractivity contribution in [3.8, 4) is 6.07 Å². The first kappa shape index (κ1) is 18.6. The van der Waals surface area contributed by atoms with Crippen LogP contribution in [0.2, 0.25) is 0 Å². The molecule has 0 N–H and O–H groups in total. The average molecular weight is 316 g/mol. The summed E-state index contributed by atoms with van der Waals surface area (Å²) >= 11 is 0.